The largest absolute Gasteiger partial charge is 0.379 e. The normalized spacial score (nSPS) is 12.4. The standard InChI is InChI=1S/C29H36N2O/c1-4-6-10-20-32-23(3)12-8-7-9-13-24-14-16-25(17-15-24)26-18-19-28-27(21-26)22-30-29(31-28)11-5-2/h5,9,13-19,21-23H,2,4,6-8,10-12,20H2,1,3H3/b13-9+. The molecule has 3 nitrogen and oxygen atoms in total. The average Bonchev–Trinajstić information content (AvgIpc) is 2.82. The number of ether oxygens (including phenoxy) is 1. The second-order valence-corrected chi connectivity index (χ2v) is 8.40. The molecular formula is C29H36N2O. The van der Waals surface area contributed by atoms with Crippen molar-refractivity contribution < 1.29 is 4.74 Å². The van der Waals surface area contributed by atoms with Gasteiger partial charge in [-0.25, -0.2) is 9.97 Å². The van der Waals surface area contributed by atoms with Crippen LogP contribution >= 0.6 is 0 Å². The van der Waals surface area contributed by atoms with E-state index < -0.39 is 0 Å². The van der Waals surface area contributed by atoms with E-state index in [-0.39, 0.29) is 0 Å². The smallest absolute Gasteiger partial charge is 0.132 e. The zero-order chi connectivity index (χ0) is 22.6. The van der Waals surface area contributed by atoms with Gasteiger partial charge in [0.05, 0.1) is 11.6 Å². The van der Waals surface area contributed by atoms with Gasteiger partial charge in [-0.05, 0) is 61.4 Å². The van der Waals surface area contributed by atoms with Gasteiger partial charge in [0.1, 0.15) is 5.82 Å². The van der Waals surface area contributed by atoms with E-state index in [0.29, 0.717) is 12.5 Å². The fourth-order valence-corrected chi connectivity index (χ4v) is 3.73. The summed E-state index contributed by atoms with van der Waals surface area (Å²) in [4.78, 5) is 9.02. The molecule has 32 heavy (non-hydrogen) atoms. The van der Waals surface area contributed by atoms with Crippen molar-refractivity contribution in [2.45, 2.75) is 64.9 Å². The summed E-state index contributed by atoms with van der Waals surface area (Å²) in [5, 5.41) is 1.06. The first-order chi connectivity index (χ1) is 15.7. The molecule has 0 aliphatic heterocycles. The number of hydrogen-bond acceptors (Lipinski definition) is 3. The highest BCUT2D eigenvalue weighted by Crippen LogP contribution is 2.24. The molecule has 2 aromatic carbocycles. The van der Waals surface area contributed by atoms with Crippen molar-refractivity contribution >= 4 is 17.0 Å². The SMILES string of the molecule is C=CCc1ncc2cc(-c3ccc(/C=C/CCCC(C)OCCCCC)cc3)ccc2n1. The molecule has 1 heterocycles. The monoisotopic (exact) mass is 428 g/mol. The maximum Gasteiger partial charge on any atom is 0.132 e. The number of unbranched alkanes of at least 4 members (excludes halogenated alkanes) is 3. The van der Waals surface area contributed by atoms with Gasteiger partial charge in [-0.2, -0.15) is 0 Å². The van der Waals surface area contributed by atoms with E-state index in [1.165, 1.54) is 36.0 Å². The van der Waals surface area contributed by atoms with Crippen LogP contribution < -0.4 is 0 Å². The van der Waals surface area contributed by atoms with Gasteiger partial charge in [-0.15, -0.1) is 6.58 Å². The highest BCUT2D eigenvalue weighted by Gasteiger charge is 2.03. The van der Waals surface area contributed by atoms with E-state index in [1.807, 2.05) is 12.3 Å². The van der Waals surface area contributed by atoms with Crippen LogP contribution in [-0.2, 0) is 11.2 Å². The molecule has 3 heteroatoms. The topological polar surface area (TPSA) is 35.0 Å². The Hall–Kier alpha value is -2.78. The molecule has 0 aliphatic rings. The highest BCUT2D eigenvalue weighted by atomic mass is 16.5. The zero-order valence-corrected chi connectivity index (χ0v) is 19.6. The Bertz CT molecular complexity index is 1010. The number of aromatic nitrogens is 2. The van der Waals surface area contributed by atoms with E-state index >= 15 is 0 Å². The van der Waals surface area contributed by atoms with Gasteiger partial charge >= 0.3 is 0 Å². The minimum atomic E-state index is 0.362. The molecule has 0 saturated carbocycles. The first-order valence-corrected chi connectivity index (χ1v) is 11.9. The summed E-state index contributed by atoms with van der Waals surface area (Å²) in [6, 6.07) is 15.1. The first-order valence-electron chi connectivity index (χ1n) is 11.9. The summed E-state index contributed by atoms with van der Waals surface area (Å²) < 4.78 is 5.87. The number of nitrogens with zero attached hydrogens (tertiary/aromatic N) is 2. The molecule has 168 valence electrons. The van der Waals surface area contributed by atoms with Gasteiger partial charge in [0.2, 0.25) is 0 Å². The molecule has 3 rings (SSSR count). The third kappa shape index (κ3) is 7.42. The van der Waals surface area contributed by atoms with Gasteiger partial charge in [-0.3, -0.25) is 0 Å². The summed E-state index contributed by atoms with van der Waals surface area (Å²) in [5.41, 5.74) is 4.59. The Balaban J connectivity index is 1.49. The van der Waals surface area contributed by atoms with Crippen LogP contribution in [0.5, 0.6) is 0 Å². The van der Waals surface area contributed by atoms with Crippen molar-refractivity contribution in [2.24, 2.45) is 0 Å². The summed E-state index contributed by atoms with van der Waals surface area (Å²) in [5.74, 6) is 0.811. The van der Waals surface area contributed by atoms with Crippen LogP contribution in [0.2, 0.25) is 0 Å². The molecular weight excluding hydrogens is 392 g/mol. The van der Waals surface area contributed by atoms with Crippen molar-refractivity contribution in [2.75, 3.05) is 6.61 Å². The van der Waals surface area contributed by atoms with Crippen LogP contribution in [0.1, 0.15) is 63.8 Å². The third-order valence-electron chi connectivity index (χ3n) is 5.64. The second-order valence-electron chi connectivity index (χ2n) is 8.40. The van der Waals surface area contributed by atoms with Gasteiger partial charge in [0.15, 0.2) is 0 Å². The molecule has 0 fully saturated rings. The molecule has 1 atom stereocenters. The summed E-state index contributed by atoms with van der Waals surface area (Å²) in [6.45, 7) is 9.07. The molecule has 3 aromatic rings. The molecule has 0 N–H and O–H groups in total. The summed E-state index contributed by atoms with van der Waals surface area (Å²) >= 11 is 0. The molecule has 0 amide bonds. The molecule has 0 bridgehead atoms. The quantitative estimate of drug-likeness (QED) is 0.206. The van der Waals surface area contributed by atoms with Crippen LogP contribution in [0.25, 0.3) is 28.1 Å². The first kappa shape index (κ1) is 23.9. The van der Waals surface area contributed by atoms with Crippen LogP contribution in [0.3, 0.4) is 0 Å². The average molecular weight is 429 g/mol. The van der Waals surface area contributed by atoms with E-state index in [0.717, 1.165) is 42.6 Å². The Morgan fingerprint density at radius 1 is 1.03 bits per heavy atom. The number of fused-ring (bicyclic) bond motifs is 1. The van der Waals surface area contributed by atoms with Crippen molar-refractivity contribution in [3.63, 3.8) is 0 Å². The number of allylic oxidation sites excluding steroid dienone is 2. The molecule has 1 unspecified atom stereocenters. The van der Waals surface area contributed by atoms with Crippen molar-refractivity contribution in [1.29, 1.82) is 0 Å². The lowest BCUT2D eigenvalue weighted by Crippen LogP contribution is -2.08. The Labute approximate surface area is 193 Å². The lowest BCUT2D eigenvalue weighted by atomic mass is 10.0. The fourth-order valence-electron chi connectivity index (χ4n) is 3.73. The number of hydrogen-bond donors (Lipinski definition) is 0. The predicted molar refractivity (Wildman–Crippen MR) is 137 cm³/mol. The van der Waals surface area contributed by atoms with Crippen LogP contribution in [0, 0.1) is 0 Å². The minimum absolute atomic E-state index is 0.362. The van der Waals surface area contributed by atoms with E-state index in [2.05, 4.69) is 85.0 Å². The lowest BCUT2D eigenvalue weighted by Gasteiger charge is -2.12. The van der Waals surface area contributed by atoms with Gasteiger partial charge in [0.25, 0.3) is 0 Å². The van der Waals surface area contributed by atoms with Gasteiger partial charge < -0.3 is 4.74 Å². The molecule has 1 aromatic heterocycles. The van der Waals surface area contributed by atoms with Crippen molar-refractivity contribution in [3.8, 4) is 11.1 Å². The zero-order valence-electron chi connectivity index (χ0n) is 19.6. The number of rotatable bonds is 13. The molecule has 0 aliphatic carbocycles. The fraction of sp³-hybridized carbons (Fsp3) is 0.379. The Kier molecular flexibility index (Phi) is 9.64. The maximum absolute atomic E-state index is 5.87. The number of benzene rings is 2. The van der Waals surface area contributed by atoms with Crippen molar-refractivity contribution in [3.05, 3.63) is 78.8 Å². The van der Waals surface area contributed by atoms with E-state index in [4.69, 9.17) is 4.74 Å². The molecule has 0 radical (unpaired) electrons. The Morgan fingerprint density at radius 2 is 1.84 bits per heavy atom. The van der Waals surface area contributed by atoms with Crippen LogP contribution in [0.4, 0.5) is 0 Å². The van der Waals surface area contributed by atoms with Gasteiger partial charge in [0, 0.05) is 24.6 Å². The van der Waals surface area contributed by atoms with Crippen LogP contribution in [0.15, 0.2) is 67.4 Å². The maximum atomic E-state index is 5.87. The molecule has 0 spiro atoms. The van der Waals surface area contributed by atoms with Gasteiger partial charge in [-0.1, -0.05) is 68.3 Å². The summed E-state index contributed by atoms with van der Waals surface area (Å²) in [7, 11) is 0. The highest BCUT2D eigenvalue weighted by molar-refractivity contribution is 5.84. The summed E-state index contributed by atoms with van der Waals surface area (Å²) in [6.07, 6.45) is 16.3. The minimum Gasteiger partial charge on any atom is -0.379 e. The van der Waals surface area contributed by atoms with E-state index in [9.17, 15) is 0 Å². The lowest BCUT2D eigenvalue weighted by molar-refractivity contribution is 0.0566. The van der Waals surface area contributed by atoms with E-state index in [1.54, 1.807) is 0 Å². The van der Waals surface area contributed by atoms with Crippen LogP contribution in [-0.4, -0.2) is 22.7 Å². The predicted octanol–water partition coefficient (Wildman–Crippen LogP) is 7.80. The second kappa shape index (κ2) is 12.9. The third-order valence-corrected chi connectivity index (χ3v) is 5.64. The molecule has 0 saturated heterocycles. The van der Waals surface area contributed by atoms with Crippen molar-refractivity contribution in [1.82, 2.24) is 9.97 Å². The Morgan fingerprint density at radius 3 is 2.62 bits per heavy atom.